The van der Waals surface area contributed by atoms with Crippen LogP contribution < -0.4 is 0 Å². The van der Waals surface area contributed by atoms with E-state index in [0.29, 0.717) is 0 Å². The quantitative estimate of drug-likeness (QED) is 0.536. The van der Waals surface area contributed by atoms with Crippen molar-refractivity contribution >= 4 is 24.2 Å². The van der Waals surface area contributed by atoms with Crippen LogP contribution >= 0.6 is 7.37 Å². The zero-order valence-electron chi connectivity index (χ0n) is 14.5. The molecule has 0 aliphatic heterocycles. The Morgan fingerprint density at radius 3 is 2.46 bits per heavy atom. The van der Waals surface area contributed by atoms with Gasteiger partial charge in [0, 0.05) is 29.4 Å². The van der Waals surface area contributed by atoms with Gasteiger partial charge in [0.25, 0.3) is 0 Å². The zero-order valence-corrected chi connectivity index (χ0v) is 15.4. The zero-order chi connectivity index (χ0) is 18.7. The highest BCUT2D eigenvalue weighted by atomic mass is 31.2. The van der Waals surface area contributed by atoms with Crippen LogP contribution in [-0.4, -0.2) is 27.1 Å². The van der Waals surface area contributed by atoms with Crippen molar-refractivity contribution in [2.75, 3.05) is 6.16 Å². The van der Waals surface area contributed by atoms with Crippen LogP contribution in [0.4, 0.5) is 0 Å². The lowest BCUT2D eigenvalue weighted by atomic mass is 9.88. The van der Waals surface area contributed by atoms with E-state index in [0.717, 1.165) is 22.0 Å². The SMILES string of the molecule is CC(c1c[nH]c2ccccc12)C(CP(=O)(O)Cc1ccccc1)C(=O)O. The van der Waals surface area contributed by atoms with Crippen molar-refractivity contribution in [1.29, 1.82) is 0 Å². The largest absolute Gasteiger partial charge is 0.481 e. The highest BCUT2D eigenvalue weighted by Crippen LogP contribution is 2.48. The predicted molar refractivity (Wildman–Crippen MR) is 103 cm³/mol. The van der Waals surface area contributed by atoms with Crippen LogP contribution in [0.1, 0.15) is 24.0 Å². The second kappa shape index (κ2) is 7.48. The van der Waals surface area contributed by atoms with E-state index in [1.807, 2.05) is 30.3 Å². The molecule has 1 aromatic heterocycles. The second-order valence-electron chi connectivity index (χ2n) is 6.70. The number of carbonyl (C=O) groups is 1. The first-order valence-corrected chi connectivity index (χ1v) is 10.5. The van der Waals surface area contributed by atoms with Crippen LogP contribution in [0.5, 0.6) is 0 Å². The molecular formula is C20H22NO4P. The molecule has 0 radical (unpaired) electrons. The molecule has 3 unspecified atom stereocenters. The van der Waals surface area contributed by atoms with Gasteiger partial charge in [0.2, 0.25) is 7.37 Å². The molecule has 0 amide bonds. The maximum atomic E-state index is 12.7. The minimum absolute atomic E-state index is 0.0157. The van der Waals surface area contributed by atoms with E-state index in [4.69, 9.17) is 0 Å². The van der Waals surface area contributed by atoms with Crippen LogP contribution in [-0.2, 0) is 15.5 Å². The van der Waals surface area contributed by atoms with Crippen LogP contribution in [0.15, 0.2) is 60.8 Å². The van der Waals surface area contributed by atoms with E-state index < -0.39 is 19.3 Å². The van der Waals surface area contributed by atoms with Crippen molar-refractivity contribution in [1.82, 2.24) is 4.98 Å². The Hall–Kier alpha value is -2.36. The molecule has 3 N–H and O–H groups in total. The molecule has 3 aromatic rings. The summed E-state index contributed by atoms with van der Waals surface area (Å²) in [7, 11) is -3.63. The van der Waals surface area contributed by atoms with Gasteiger partial charge < -0.3 is 15.0 Å². The molecule has 0 aliphatic carbocycles. The number of carboxylic acids is 1. The Kier molecular flexibility index (Phi) is 5.30. The van der Waals surface area contributed by atoms with Crippen molar-refractivity contribution in [2.45, 2.75) is 19.0 Å². The molecule has 0 saturated heterocycles. The average molecular weight is 371 g/mol. The minimum Gasteiger partial charge on any atom is -0.481 e. The first kappa shape index (κ1) is 18.4. The average Bonchev–Trinajstić information content (AvgIpc) is 3.03. The third-order valence-electron chi connectivity index (χ3n) is 4.79. The summed E-state index contributed by atoms with van der Waals surface area (Å²) in [6.45, 7) is 1.80. The van der Waals surface area contributed by atoms with E-state index in [-0.39, 0.29) is 18.2 Å². The number of carboxylic acid groups (broad SMARTS) is 1. The van der Waals surface area contributed by atoms with Gasteiger partial charge in [-0.1, -0.05) is 55.5 Å². The van der Waals surface area contributed by atoms with Crippen LogP contribution in [0.25, 0.3) is 10.9 Å². The Balaban J connectivity index is 1.84. The Morgan fingerprint density at radius 1 is 1.12 bits per heavy atom. The molecule has 136 valence electrons. The Bertz CT molecular complexity index is 951. The lowest BCUT2D eigenvalue weighted by Gasteiger charge is -2.23. The Morgan fingerprint density at radius 2 is 1.77 bits per heavy atom. The summed E-state index contributed by atoms with van der Waals surface area (Å²) in [4.78, 5) is 25.4. The van der Waals surface area contributed by atoms with Gasteiger partial charge in [-0.05, 0) is 23.1 Å². The standard InChI is InChI=1S/C20H22NO4P/c1-14(17-11-21-19-10-6-5-9-16(17)19)18(20(22)23)13-26(24,25)12-15-7-3-2-4-8-15/h2-11,14,18,21H,12-13H2,1H3,(H,22,23)(H,24,25). The van der Waals surface area contributed by atoms with E-state index in [1.165, 1.54) is 0 Å². The molecule has 26 heavy (non-hydrogen) atoms. The number of nitrogens with one attached hydrogen (secondary N) is 1. The summed E-state index contributed by atoms with van der Waals surface area (Å²) in [5.41, 5.74) is 2.52. The van der Waals surface area contributed by atoms with Crippen molar-refractivity contribution in [3.05, 3.63) is 71.9 Å². The van der Waals surface area contributed by atoms with E-state index in [2.05, 4.69) is 4.98 Å². The molecular weight excluding hydrogens is 349 g/mol. The van der Waals surface area contributed by atoms with Gasteiger partial charge in [-0.15, -0.1) is 0 Å². The highest BCUT2D eigenvalue weighted by molar-refractivity contribution is 7.57. The van der Waals surface area contributed by atoms with Crippen molar-refractivity contribution in [3.8, 4) is 0 Å². The minimum atomic E-state index is -3.63. The fraction of sp³-hybridized carbons (Fsp3) is 0.250. The first-order chi connectivity index (χ1) is 12.4. The van der Waals surface area contributed by atoms with Crippen molar-refractivity contribution < 1.29 is 19.4 Å². The number of H-pyrrole nitrogens is 1. The van der Waals surface area contributed by atoms with Gasteiger partial charge in [0.05, 0.1) is 5.92 Å². The molecule has 0 saturated carbocycles. The molecule has 6 heteroatoms. The smallest absolute Gasteiger partial charge is 0.307 e. The number of fused-ring (bicyclic) bond motifs is 1. The number of aromatic nitrogens is 1. The summed E-state index contributed by atoms with van der Waals surface area (Å²) in [5, 5.41) is 10.6. The molecule has 1 heterocycles. The third-order valence-corrected chi connectivity index (χ3v) is 6.61. The van der Waals surface area contributed by atoms with E-state index in [1.54, 1.807) is 37.4 Å². The maximum absolute atomic E-state index is 12.7. The summed E-state index contributed by atoms with van der Waals surface area (Å²) < 4.78 is 12.7. The number of hydrogen-bond donors (Lipinski definition) is 3. The number of aliphatic carboxylic acids is 1. The van der Waals surface area contributed by atoms with Crippen LogP contribution in [0.3, 0.4) is 0 Å². The number of rotatable bonds is 7. The molecule has 0 bridgehead atoms. The fourth-order valence-electron chi connectivity index (χ4n) is 3.38. The molecule has 0 spiro atoms. The number of para-hydroxylation sites is 1. The van der Waals surface area contributed by atoms with Crippen molar-refractivity contribution in [2.24, 2.45) is 5.92 Å². The molecule has 3 rings (SSSR count). The maximum Gasteiger partial charge on any atom is 0.307 e. The summed E-state index contributed by atoms with van der Waals surface area (Å²) in [6, 6.07) is 16.7. The van der Waals surface area contributed by atoms with Gasteiger partial charge in [-0.2, -0.15) is 0 Å². The molecule has 0 aliphatic rings. The Labute approximate surface area is 152 Å². The van der Waals surface area contributed by atoms with Gasteiger partial charge >= 0.3 is 5.97 Å². The molecule has 5 nitrogen and oxygen atoms in total. The molecule has 2 aromatic carbocycles. The number of hydrogen-bond acceptors (Lipinski definition) is 2. The second-order valence-corrected chi connectivity index (χ2v) is 9.07. The topological polar surface area (TPSA) is 90.4 Å². The highest BCUT2D eigenvalue weighted by Gasteiger charge is 2.34. The van der Waals surface area contributed by atoms with Crippen LogP contribution in [0.2, 0.25) is 0 Å². The lowest BCUT2D eigenvalue weighted by molar-refractivity contribution is -0.141. The first-order valence-electron chi connectivity index (χ1n) is 8.51. The summed E-state index contributed by atoms with van der Waals surface area (Å²) in [5.74, 6) is -2.38. The third kappa shape index (κ3) is 4.06. The normalized spacial score (nSPS) is 16.1. The monoisotopic (exact) mass is 371 g/mol. The predicted octanol–water partition coefficient (Wildman–Crippen LogP) is 4.44. The van der Waals surface area contributed by atoms with Crippen LogP contribution in [0, 0.1) is 5.92 Å². The molecule has 0 fully saturated rings. The van der Waals surface area contributed by atoms with Gasteiger partial charge in [-0.25, -0.2) is 0 Å². The van der Waals surface area contributed by atoms with Gasteiger partial charge in [0.1, 0.15) is 0 Å². The van der Waals surface area contributed by atoms with Gasteiger partial charge in [-0.3, -0.25) is 9.36 Å². The van der Waals surface area contributed by atoms with Crippen molar-refractivity contribution in [3.63, 3.8) is 0 Å². The fourth-order valence-corrected chi connectivity index (χ4v) is 5.38. The lowest BCUT2D eigenvalue weighted by Crippen LogP contribution is -2.24. The summed E-state index contributed by atoms with van der Waals surface area (Å²) >= 11 is 0. The number of benzene rings is 2. The summed E-state index contributed by atoms with van der Waals surface area (Å²) in [6.07, 6.45) is 1.53. The molecule has 3 atom stereocenters. The van der Waals surface area contributed by atoms with E-state index in [9.17, 15) is 19.4 Å². The van der Waals surface area contributed by atoms with E-state index >= 15 is 0 Å². The number of aromatic amines is 1. The van der Waals surface area contributed by atoms with Gasteiger partial charge in [0.15, 0.2) is 0 Å².